The van der Waals surface area contributed by atoms with Crippen LogP contribution in [0.15, 0.2) is 29.6 Å². The van der Waals surface area contributed by atoms with Gasteiger partial charge in [-0.25, -0.2) is 9.78 Å². The van der Waals surface area contributed by atoms with Gasteiger partial charge in [0.15, 0.2) is 11.7 Å². The summed E-state index contributed by atoms with van der Waals surface area (Å²) < 4.78 is 10.3. The first-order valence-corrected chi connectivity index (χ1v) is 7.06. The van der Waals surface area contributed by atoms with Crippen LogP contribution in [0.25, 0.3) is 11.3 Å². The molecule has 0 spiro atoms. The van der Waals surface area contributed by atoms with E-state index in [1.165, 1.54) is 11.3 Å². The second kappa shape index (κ2) is 6.38. The van der Waals surface area contributed by atoms with Gasteiger partial charge in [-0.05, 0) is 38.1 Å². The first kappa shape index (κ1) is 14.3. The normalized spacial score (nSPS) is 10.6. The van der Waals surface area contributed by atoms with Crippen LogP contribution in [-0.4, -0.2) is 23.7 Å². The van der Waals surface area contributed by atoms with Crippen molar-refractivity contribution in [2.24, 2.45) is 0 Å². The number of hydrogen-bond donors (Lipinski definition) is 1. The van der Waals surface area contributed by atoms with E-state index in [9.17, 15) is 4.79 Å². The average molecular weight is 292 g/mol. The van der Waals surface area contributed by atoms with Crippen LogP contribution in [0.5, 0.6) is 5.75 Å². The molecule has 6 heteroatoms. The Morgan fingerprint density at radius 2 is 2.05 bits per heavy atom. The maximum atomic E-state index is 11.3. The number of nitrogens with zero attached hydrogens (tertiary/aromatic N) is 1. The zero-order valence-corrected chi connectivity index (χ0v) is 12.1. The summed E-state index contributed by atoms with van der Waals surface area (Å²) in [6, 6.07) is 7.32. The lowest BCUT2D eigenvalue weighted by atomic mass is 10.2. The van der Waals surface area contributed by atoms with Crippen LogP contribution in [-0.2, 0) is 9.53 Å². The Balaban J connectivity index is 1.93. The standard InChI is InChI=1S/C14H16N2O3S/c1-9(2)19-13(17)7-18-11-5-3-10(4-6-11)12-8-20-14(15)16-12/h3-6,8-9H,7H2,1-2H3,(H2,15,16). The third-order valence-corrected chi connectivity index (χ3v) is 3.07. The van der Waals surface area contributed by atoms with Gasteiger partial charge in [-0.1, -0.05) is 0 Å². The minimum atomic E-state index is -0.378. The molecule has 1 heterocycles. The fourth-order valence-electron chi connectivity index (χ4n) is 1.58. The molecule has 2 N–H and O–H groups in total. The second-order valence-electron chi connectivity index (χ2n) is 4.42. The Morgan fingerprint density at radius 1 is 1.35 bits per heavy atom. The predicted octanol–water partition coefficient (Wildman–Crippen LogP) is 2.72. The van der Waals surface area contributed by atoms with Crippen LogP contribution in [0, 0.1) is 0 Å². The van der Waals surface area contributed by atoms with Crippen LogP contribution < -0.4 is 10.5 Å². The van der Waals surface area contributed by atoms with Crippen molar-refractivity contribution < 1.29 is 14.3 Å². The minimum Gasteiger partial charge on any atom is -0.482 e. The molecule has 0 unspecified atom stereocenters. The van der Waals surface area contributed by atoms with Gasteiger partial charge >= 0.3 is 5.97 Å². The molecule has 0 saturated carbocycles. The van der Waals surface area contributed by atoms with Crippen molar-refractivity contribution in [3.05, 3.63) is 29.6 Å². The Kier molecular flexibility index (Phi) is 4.57. The smallest absolute Gasteiger partial charge is 0.344 e. The Labute approximate surface area is 121 Å². The molecular formula is C14H16N2O3S. The molecule has 2 aromatic rings. The molecule has 0 aliphatic heterocycles. The highest BCUT2D eigenvalue weighted by Gasteiger charge is 2.07. The first-order chi connectivity index (χ1) is 9.54. The number of hydrogen-bond acceptors (Lipinski definition) is 6. The molecule has 0 amide bonds. The maximum absolute atomic E-state index is 11.3. The van der Waals surface area contributed by atoms with E-state index in [0.717, 1.165) is 11.3 Å². The van der Waals surface area contributed by atoms with Crippen LogP contribution >= 0.6 is 11.3 Å². The van der Waals surface area contributed by atoms with Crippen LogP contribution in [0.2, 0.25) is 0 Å². The number of carbonyl (C=O) groups excluding carboxylic acids is 1. The van der Waals surface area contributed by atoms with E-state index in [4.69, 9.17) is 15.2 Å². The zero-order chi connectivity index (χ0) is 14.5. The van der Waals surface area contributed by atoms with Crippen molar-refractivity contribution in [1.29, 1.82) is 0 Å². The lowest BCUT2D eigenvalue weighted by Crippen LogP contribution is -2.18. The number of nitrogen functional groups attached to an aromatic ring is 1. The molecule has 20 heavy (non-hydrogen) atoms. The highest BCUT2D eigenvalue weighted by Crippen LogP contribution is 2.24. The summed E-state index contributed by atoms with van der Waals surface area (Å²) in [5, 5.41) is 2.43. The Bertz CT molecular complexity index is 578. The molecule has 0 radical (unpaired) electrons. The number of aromatic nitrogens is 1. The topological polar surface area (TPSA) is 74.4 Å². The second-order valence-corrected chi connectivity index (χ2v) is 5.31. The number of ether oxygens (including phenoxy) is 2. The number of benzene rings is 1. The minimum absolute atomic E-state index is 0.0961. The molecule has 0 bridgehead atoms. The van der Waals surface area contributed by atoms with E-state index >= 15 is 0 Å². The zero-order valence-electron chi connectivity index (χ0n) is 11.3. The Hall–Kier alpha value is -2.08. The fraction of sp³-hybridized carbons (Fsp3) is 0.286. The average Bonchev–Trinajstić information content (AvgIpc) is 2.83. The highest BCUT2D eigenvalue weighted by molar-refractivity contribution is 7.13. The van der Waals surface area contributed by atoms with Crippen LogP contribution in [0.3, 0.4) is 0 Å². The number of esters is 1. The van der Waals surface area contributed by atoms with E-state index in [-0.39, 0.29) is 18.7 Å². The third kappa shape index (κ3) is 3.96. The van der Waals surface area contributed by atoms with Gasteiger partial charge in [-0.3, -0.25) is 0 Å². The monoisotopic (exact) mass is 292 g/mol. The van der Waals surface area contributed by atoms with Crippen LogP contribution in [0.4, 0.5) is 5.13 Å². The molecule has 2 rings (SSSR count). The quantitative estimate of drug-likeness (QED) is 0.858. The number of anilines is 1. The van der Waals surface area contributed by atoms with Crippen molar-refractivity contribution in [3.63, 3.8) is 0 Å². The summed E-state index contributed by atoms with van der Waals surface area (Å²) in [5.74, 6) is 0.231. The van der Waals surface area contributed by atoms with Gasteiger partial charge in [0.05, 0.1) is 11.8 Å². The van der Waals surface area contributed by atoms with Crippen molar-refractivity contribution in [2.45, 2.75) is 20.0 Å². The number of nitrogens with two attached hydrogens (primary N) is 1. The summed E-state index contributed by atoms with van der Waals surface area (Å²) in [7, 11) is 0. The van der Waals surface area contributed by atoms with E-state index in [1.807, 2.05) is 17.5 Å². The molecule has 106 valence electrons. The van der Waals surface area contributed by atoms with Crippen molar-refractivity contribution in [2.75, 3.05) is 12.3 Å². The summed E-state index contributed by atoms with van der Waals surface area (Å²) >= 11 is 1.40. The largest absolute Gasteiger partial charge is 0.482 e. The van der Waals surface area contributed by atoms with E-state index < -0.39 is 0 Å². The van der Waals surface area contributed by atoms with E-state index in [2.05, 4.69) is 4.98 Å². The Morgan fingerprint density at radius 3 is 2.60 bits per heavy atom. The van der Waals surface area contributed by atoms with Crippen molar-refractivity contribution >= 4 is 22.4 Å². The molecule has 0 aliphatic carbocycles. The predicted molar refractivity (Wildman–Crippen MR) is 78.7 cm³/mol. The summed E-state index contributed by atoms with van der Waals surface area (Å²) in [4.78, 5) is 15.5. The molecule has 0 fully saturated rings. The molecule has 0 saturated heterocycles. The summed E-state index contributed by atoms with van der Waals surface area (Å²) in [5.41, 5.74) is 7.38. The first-order valence-electron chi connectivity index (χ1n) is 6.18. The van der Waals surface area contributed by atoms with Gasteiger partial charge in [-0.2, -0.15) is 0 Å². The maximum Gasteiger partial charge on any atom is 0.344 e. The summed E-state index contributed by atoms with van der Waals surface area (Å²) in [6.07, 6.45) is -0.136. The molecule has 1 aromatic heterocycles. The molecule has 0 aliphatic rings. The number of rotatable bonds is 5. The molecular weight excluding hydrogens is 276 g/mol. The fourth-order valence-corrected chi connectivity index (χ4v) is 2.15. The van der Waals surface area contributed by atoms with Gasteiger partial charge in [0.25, 0.3) is 0 Å². The van der Waals surface area contributed by atoms with E-state index in [1.54, 1.807) is 26.0 Å². The van der Waals surface area contributed by atoms with Crippen molar-refractivity contribution in [3.8, 4) is 17.0 Å². The van der Waals surface area contributed by atoms with E-state index in [0.29, 0.717) is 10.9 Å². The molecule has 5 nitrogen and oxygen atoms in total. The van der Waals surface area contributed by atoms with Gasteiger partial charge < -0.3 is 15.2 Å². The molecule has 1 aromatic carbocycles. The third-order valence-electron chi connectivity index (χ3n) is 2.40. The molecule has 0 atom stereocenters. The van der Waals surface area contributed by atoms with Gasteiger partial charge in [0.1, 0.15) is 5.75 Å². The number of carbonyl (C=O) groups is 1. The van der Waals surface area contributed by atoms with Gasteiger partial charge in [0.2, 0.25) is 0 Å². The SMILES string of the molecule is CC(C)OC(=O)COc1ccc(-c2csc(N)n2)cc1. The van der Waals surface area contributed by atoms with Gasteiger partial charge in [-0.15, -0.1) is 11.3 Å². The van der Waals surface area contributed by atoms with Crippen LogP contribution in [0.1, 0.15) is 13.8 Å². The lowest BCUT2D eigenvalue weighted by Gasteiger charge is -2.09. The number of thiazole rings is 1. The van der Waals surface area contributed by atoms with Gasteiger partial charge in [0, 0.05) is 10.9 Å². The lowest BCUT2D eigenvalue weighted by molar-refractivity contribution is -0.149. The highest BCUT2D eigenvalue weighted by atomic mass is 32.1. The van der Waals surface area contributed by atoms with Crippen molar-refractivity contribution in [1.82, 2.24) is 4.98 Å². The summed E-state index contributed by atoms with van der Waals surface area (Å²) in [6.45, 7) is 3.50.